The molecule has 142 valence electrons. The summed E-state index contributed by atoms with van der Waals surface area (Å²) in [7, 11) is -3.53. The van der Waals surface area contributed by atoms with E-state index in [0.29, 0.717) is 11.3 Å². The number of anilines is 1. The molecule has 3 rings (SSSR count). The zero-order valence-corrected chi connectivity index (χ0v) is 15.6. The molecule has 0 aliphatic heterocycles. The fourth-order valence-corrected chi connectivity index (χ4v) is 4.04. The van der Waals surface area contributed by atoms with E-state index in [1.165, 1.54) is 30.3 Å². The summed E-state index contributed by atoms with van der Waals surface area (Å²) in [5.74, 6) is -1.25. The van der Waals surface area contributed by atoms with Crippen molar-refractivity contribution in [3.8, 4) is 0 Å². The number of carbonyl (C=O) groups excluding carboxylic acids is 2. The van der Waals surface area contributed by atoms with E-state index in [4.69, 9.17) is 5.73 Å². The molecule has 0 aliphatic rings. The molecule has 7 heteroatoms. The van der Waals surface area contributed by atoms with Crippen molar-refractivity contribution in [3.63, 3.8) is 0 Å². The quantitative estimate of drug-likeness (QED) is 0.670. The van der Waals surface area contributed by atoms with Gasteiger partial charge in [-0.2, -0.15) is 0 Å². The standard InChI is InChI=1S/C21H18N2O4S/c22-20(24)18-8-4-5-9-19(18)23-21(25)16-10-12-17(13-11-16)28(26,27)14-15-6-2-1-3-7-15/h1-13H,14H2,(H2,22,24)(H,23,25). The normalized spacial score (nSPS) is 11.0. The summed E-state index contributed by atoms with van der Waals surface area (Å²) < 4.78 is 25.1. The average Bonchev–Trinajstić information content (AvgIpc) is 2.69. The Morgan fingerprint density at radius 1 is 0.821 bits per heavy atom. The number of nitrogens with two attached hydrogens (primary N) is 1. The molecule has 0 spiro atoms. The lowest BCUT2D eigenvalue weighted by atomic mass is 10.1. The van der Waals surface area contributed by atoms with Crippen molar-refractivity contribution in [1.29, 1.82) is 0 Å². The van der Waals surface area contributed by atoms with Gasteiger partial charge in [0, 0.05) is 5.56 Å². The molecule has 2 amide bonds. The highest BCUT2D eigenvalue weighted by Crippen LogP contribution is 2.19. The van der Waals surface area contributed by atoms with Crippen molar-refractivity contribution in [1.82, 2.24) is 0 Å². The summed E-state index contributed by atoms with van der Waals surface area (Å²) in [6.07, 6.45) is 0. The van der Waals surface area contributed by atoms with Crippen LogP contribution in [0.25, 0.3) is 0 Å². The Bertz CT molecular complexity index is 1110. The van der Waals surface area contributed by atoms with Gasteiger partial charge >= 0.3 is 0 Å². The van der Waals surface area contributed by atoms with E-state index in [9.17, 15) is 18.0 Å². The molecule has 0 saturated carbocycles. The SMILES string of the molecule is NC(=O)c1ccccc1NC(=O)c1ccc(S(=O)(=O)Cc2ccccc2)cc1. The molecule has 6 nitrogen and oxygen atoms in total. The highest BCUT2D eigenvalue weighted by atomic mass is 32.2. The third-order valence-corrected chi connectivity index (χ3v) is 5.82. The van der Waals surface area contributed by atoms with Crippen LogP contribution in [-0.2, 0) is 15.6 Å². The molecule has 0 atom stereocenters. The highest BCUT2D eigenvalue weighted by molar-refractivity contribution is 7.90. The second-order valence-electron chi connectivity index (χ2n) is 6.13. The van der Waals surface area contributed by atoms with E-state index in [0.717, 1.165) is 0 Å². The van der Waals surface area contributed by atoms with Crippen LogP contribution in [0.2, 0.25) is 0 Å². The molecule has 0 aromatic heterocycles. The number of sulfone groups is 1. The third-order valence-electron chi connectivity index (χ3n) is 4.12. The number of para-hydroxylation sites is 1. The molecule has 0 radical (unpaired) electrons. The molecule has 3 aromatic carbocycles. The zero-order chi connectivity index (χ0) is 20.1. The lowest BCUT2D eigenvalue weighted by Crippen LogP contribution is -2.18. The van der Waals surface area contributed by atoms with Gasteiger partial charge in [0.25, 0.3) is 11.8 Å². The highest BCUT2D eigenvalue weighted by Gasteiger charge is 2.17. The van der Waals surface area contributed by atoms with Gasteiger partial charge in [-0.1, -0.05) is 42.5 Å². The van der Waals surface area contributed by atoms with Crippen LogP contribution < -0.4 is 11.1 Å². The van der Waals surface area contributed by atoms with Crippen molar-refractivity contribution in [3.05, 3.63) is 95.6 Å². The molecule has 28 heavy (non-hydrogen) atoms. The monoisotopic (exact) mass is 394 g/mol. The summed E-state index contributed by atoms with van der Waals surface area (Å²) in [6, 6.07) is 20.9. The number of carbonyl (C=O) groups is 2. The topological polar surface area (TPSA) is 106 Å². The number of benzene rings is 3. The van der Waals surface area contributed by atoms with Gasteiger partial charge in [-0.25, -0.2) is 8.42 Å². The Morgan fingerprint density at radius 2 is 1.43 bits per heavy atom. The Balaban J connectivity index is 1.77. The first-order valence-corrected chi connectivity index (χ1v) is 10.1. The van der Waals surface area contributed by atoms with Crippen molar-refractivity contribution >= 4 is 27.3 Å². The largest absolute Gasteiger partial charge is 0.366 e. The second kappa shape index (κ2) is 8.06. The van der Waals surface area contributed by atoms with E-state index in [-0.39, 0.29) is 21.8 Å². The fourth-order valence-electron chi connectivity index (χ4n) is 2.69. The predicted molar refractivity (Wildman–Crippen MR) is 107 cm³/mol. The minimum atomic E-state index is -3.53. The van der Waals surface area contributed by atoms with Gasteiger partial charge in [0.2, 0.25) is 0 Å². The molecule has 0 saturated heterocycles. The van der Waals surface area contributed by atoms with Gasteiger partial charge in [-0.15, -0.1) is 0 Å². The molecule has 0 fully saturated rings. The third kappa shape index (κ3) is 4.44. The van der Waals surface area contributed by atoms with Gasteiger partial charge in [-0.3, -0.25) is 9.59 Å². The zero-order valence-electron chi connectivity index (χ0n) is 14.8. The summed E-state index contributed by atoms with van der Waals surface area (Å²) in [6.45, 7) is 0. The van der Waals surface area contributed by atoms with Crippen LogP contribution in [0.4, 0.5) is 5.69 Å². The number of hydrogen-bond acceptors (Lipinski definition) is 4. The van der Waals surface area contributed by atoms with Crippen molar-refractivity contribution < 1.29 is 18.0 Å². The van der Waals surface area contributed by atoms with Gasteiger partial charge in [0.1, 0.15) is 0 Å². The van der Waals surface area contributed by atoms with Gasteiger partial charge in [-0.05, 0) is 42.0 Å². The molecule has 0 aliphatic carbocycles. The van der Waals surface area contributed by atoms with E-state index in [1.807, 2.05) is 6.07 Å². The second-order valence-corrected chi connectivity index (χ2v) is 8.12. The Kier molecular flexibility index (Phi) is 5.56. The first-order chi connectivity index (χ1) is 13.4. The maximum Gasteiger partial charge on any atom is 0.255 e. The number of amides is 2. The van der Waals surface area contributed by atoms with Crippen molar-refractivity contribution in [2.75, 3.05) is 5.32 Å². The van der Waals surface area contributed by atoms with E-state index < -0.39 is 21.7 Å². The van der Waals surface area contributed by atoms with Crippen LogP contribution in [0.5, 0.6) is 0 Å². The van der Waals surface area contributed by atoms with E-state index in [1.54, 1.807) is 42.5 Å². The molecule has 0 heterocycles. The van der Waals surface area contributed by atoms with Crippen LogP contribution in [0, 0.1) is 0 Å². The summed E-state index contributed by atoms with van der Waals surface area (Å²) >= 11 is 0. The number of primary amides is 1. The van der Waals surface area contributed by atoms with Crippen LogP contribution in [0.3, 0.4) is 0 Å². The van der Waals surface area contributed by atoms with Gasteiger partial charge in [0.15, 0.2) is 9.84 Å². The lowest BCUT2D eigenvalue weighted by Gasteiger charge is -2.09. The van der Waals surface area contributed by atoms with Crippen LogP contribution in [0.1, 0.15) is 26.3 Å². The summed E-state index contributed by atoms with van der Waals surface area (Å²) in [4.78, 5) is 24.0. The molecule has 3 aromatic rings. The van der Waals surface area contributed by atoms with Crippen molar-refractivity contribution in [2.24, 2.45) is 5.73 Å². The number of nitrogens with one attached hydrogen (secondary N) is 1. The maximum absolute atomic E-state index is 12.5. The van der Waals surface area contributed by atoms with E-state index in [2.05, 4.69) is 5.32 Å². The van der Waals surface area contributed by atoms with Gasteiger partial charge < -0.3 is 11.1 Å². The lowest BCUT2D eigenvalue weighted by molar-refractivity contribution is 0.100. The summed E-state index contributed by atoms with van der Waals surface area (Å²) in [5, 5.41) is 2.62. The minimum absolute atomic E-state index is 0.120. The average molecular weight is 394 g/mol. The van der Waals surface area contributed by atoms with Crippen molar-refractivity contribution in [2.45, 2.75) is 10.6 Å². The maximum atomic E-state index is 12.5. The summed E-state index contributed by atoms with van der Waals surface area (Å²) in [5.41, 5.74) is 6.74. The molecular formula is C21H18N2O4S. The van der Waals surface area contributed by atoms with Crippen LogP contribution >= 0.6 is 0 Å². The van der Waals surface area contributed by atoms with Gasteiger partial charge in [0.05, 0.1) is 21.9 Å². The predicted octanol–water partition coefficient (Wildman–Crippen LogP) is 3.01. The van der Waals surface area contributed by atoms with Crippen LogP contribution in [-0.4, -0.2) is 20.2 Å². The Morgan fingerprint density at radius 3 is 2.07 bits per heavy atom. The minimum Gasteiger partial charge on any atom is -0.366 e. The fraction of sp³-hybridized carbons (Fsp3) is 0.0476. The number of rotatable bonds is 6. The Labute approximate surface area is 162 Å². The Hall–Kier alpha value is -3.45. The smallest absolute Gasteiger partial charge is 0.255 e. The van der Waals surface area contributed by atoms with E-state index >= 15 is 0 Å². The first kappa shape index (κ1) is 19.3. The molecule has 0 unspecified atom stereocenters. The molecular weight excluding hydrogens is 376 g/mol. The number of hydrogen-bond donors (Lipinski definition) is 2. The molecule has 0 bridgehead atoms. The van der Waals surface area contributed by atoms with Crippen LogP contribution in [0.15, 0.2) is 83.8 Å². The first-order valence-electron chi connectivity index (χ1n) is 8.44. The molecule has 3 N–H and O–H groups in total.